The number of aromatic nitrogens is 3. The number of fused-ring (bicyclic) bond motifs is 3. The fourth-order valence-electron chi connectivity index (χ4n) is 8.90. The first-order chi connectivity index (χ1) is 26.1. The first kappa shape index (κ1) is 36.0. The summed E-state index contributed by atoms with van der Waals surface area (Å²) in [5.41, 5.74) is 7.71. The van der Waals surface area contributed by atoms with Gasteiger partial charge in [0.05, 0.1) is 23.7 Å². The van der Waals surface area contributed by atoms with E-state index in [-0.39, 0.29) is 29.9 Å². The second kappa shape index (κ2) is 14.7. The van der Waals surface area contributed by atoms with E-state index in [0.717, 1.165) is 69.9 Å². The van der Waals surface area contributed by atoms with Gasteiger partial charge in [0.15, 0.2) is 0 Å². The van der Waals surface area contributed by atoms with E-state index >= 15 is 0 Å². The zero-order chi connectivity index (χ0) is 37.6. The van der Waals surface area contributed by atoms with Gasteiger partial charge < -0.3 is 29.9 Å². The molecule has 3 aliphatic heterocycles. The van der Waals surface area contributed by atoms with E-state index in [0.29, 0.717) is 59.0 Å². The molecule has 4 aromatic rings. The van der Waals surface area contributed by atoms with Crippen LogP contribution < -0.4 is 20.4 Å². The van der Waals surface area contributed by atoms with E-state index in [9.17, 15) is 14.7 Å². The standard InChI is InChI=1S/C42H50N8O4/c1-5-39(52)46-34-22-29(9-10-35(34)48-16-15-47(25-27(48)2)30-12-19-54-20-13-30)44-38-8-6-7-33(45-38)31-11-14-43-40(32(31)26-51)50-18-17-49-36(41(50)53)21-28-23-42(3,4)24-37(28)49/h5-11,14,21-22,27,30,51H,1,12-13,15-20,23-26H2,2-4H3,(H,44,45)(H,46,52). The number of nitrogens with one attached hydrogen (secondary N) is 2. The molecule has 2 saturated heterocycles. The van der Waals surface area contributed by atoms with E-state index in [2.05, 4.69) is 57.3 Å². The number of hydrogen-bond donors (Lipinski definition) is 3. The number of pyridine rings is 2. The number of rotatable bonds is 9. The lowest BCUT2D eigenvalue weighted by molar-refractivity contribution is -0.111. The Morgan fingerprint density at radius 2 is 1.91 bits per heavy atom. The Balaban J connectivity index is 1.03. The number of carbonyl (C=O) groups excluding carboxylic acids is 2. The van der Waals surface area contributed by atoms with Crippen LogP contribution in [0, 0.1) is 5.41 Å². The molecule has 6 heterocycles. The normalized spacial score (nSPS) is 20.1. The van der Waals surface area contributed by atoms with Crippen molar-refractivity contribution in [1.29, 1.82) is 0 Å². The molecule has 1 unspecified atom stereocenters. The molecule has 1 aliphatic carbocycles. The monoisotopic (exact) mass is 730 g/mol. The summed E-state index contributed by atoms with van der Waals surface area (Å²) in [6, 6.07) is 16.3. The van der Waals surface area contributed by atoms with Crippen molar-refractivity contribution in [2.75, 3.05) is 59.8 Å². The van der Waals surface area contributed by atoms with Gasteiger partial charge in [0.1, 0.15) is 17.3 Å². The van der Waals surface area contributed by atoms with Crippen molar-refractivity contribution in [2.45, 2.75) is 71.7 Å². The van der Waals surface area contributed by atoms with Gasteiger partial charge in [-0.05, 0) is 92.1 Å². The van der Waals surface area contributed by atoms with Crippen LogP contribution in [0.5, 0.6) is 0 Å². The van der Waals surface area contributed by atoms with E-state index in [1.165, 1.54) is 17.3 Å². The number of hydrogen-bond acceptors (Lipinski definition) is 9. The van der Waals surface area contributed by atoms with Crippen molar-refractivity contribution in [2.24, 2.45) is 5.41 Å². The summed E-state index contributed by atoms with van der Waals surface area (Å²) < 4.78 is 7.77. The second-order valence-electron chi connectivity index (χ2n) is 15.8. The number of aliphatic hydroxyl groups is 1. The van der Waals surface area contributed by atoms with Crippen LogP contribution in [0.25, 0.3) is 11.3 Å². The summed E-state index contributed by atoms with van der Waals surface area (Å²) in [6.45, 7) is 15.7. The zero-order valence-corrected chi connectivity index (χ0v) is 31.5. The number of ether oxygens (including phenoxy) is 1. The second-order valence-corrected chi connectivity index (χ2v) is 15.8. The van der Waals surface area contributed by atoms with Crippen LogP contribution in [0.1, 0.15) is 60.9 Å². The molecule has 0 radical (unpaired) electrons. The fraction of sp³-hybridized carbons (Fsp3) is 0.429. The molecular weight excluding hydrogens is 681 g/mol. The van der Waals surface area contributed by atoms with Crippen molar-refractivity contribution in [1.82, 2.24) is 19.4 Å². The van der Waals surface area contributed by atoms with Gasteiger partial charge in [0.2, 0.25) is 5.91 Å². The predicted molar refractivity (Wildman–Crippen MR) is 211 cm³/mol. The molecule has 0 saturated carbocycles. The molecule has 3 N–H and O–H groups in total. The summed E-state index contributed by atoms with van der Waals surface area (Å²) >= 11 is 0. The number of piperazine rings is 1. The molecule has 0 spiro atoms. The van der Waals surface area contributed by atoms with Gasteiger partial charge in [-0.1, -0.05) is 26.5 Å². The Labute approximate surface area is 316 Å². The number of anilines is 5. The Morgan fingerprint density at radius 3 is 2.69 bits per heavy atom. The van der Waals surface area contributed by atoms with Crippen LogP contribution in [0.15, 0.2) is 67.4 Å². The third-order valence-electron chi connectivity index (χ3n) is 11.5. The van der Waals surface area contributed by atoms with Gasteiger partial charge in [-0.3, -0.25) is 19.4 Å². The molecule has 0 bridgehead atoms. The Bertz CT molecular complexity index is 2090. The Hall–Kier alpha value is -5.04. The molecular formula is C42H50N8O4. The van der Waals surface area contributed by atoms with Crippen molar-refractivity contribution in [3.8, 4) is 11.3 Å². The van der Waals surface area contributed by atoms with E-state index < -0.39 is 0 Å². The Kier molecular flexibility index (Phi) is 9.76. The first-order valence-corrected chi connectivity index (χ1v) is 19.1. The van der Waals surface area contributed by atoms with Gasteiger partial charge in [-0.25, -0.2) is 9.97 Å². The molecule has 4 aliphatic rings. The SMILES string of the molecule is C=CC(=O)Nc1cc(Nc2cccc(-c3ccnc(N4CCn5c(cc6c5CC(C)(C)C6)C4=O)c3CO)n2)ccc1N1CCN(C2CCOCC2)CC1C. The van der Waals surface area contributed by atoms with Crippen LogP contribution in [0.3, 0.4) is 0 Å². The fourth-order valence-corrected chi connectivity index (χ4v) is 8.90. The summed E-state index contributed by atoms with van der Waals surface area (Å²) in [7, 11) is 0. The van der Waals surface area contributed by atoms with Crippen LogP contribution >= 0.6 is 0 Å². The van der Waals surface area contributed by atoms with Gasteiger partial charge in [-0.2, -0.15) is 0 Å². The summed E-state index contributed by atoms with van der Waals surface area (Å²) in [6.07, 6.45) is 7.02. The minimum Gasteiger partial charge on any atom is -0.392 e. The third kappa shape index (κ3) is 6.89. The smallest absolute Gasteiger partial charge is 0.276 e. The van der Waals surface area contributed by atoms with Gasteiger partial charge in [0, 0.05) is 86.7 Å². The average Bonchev–Trinajstić information content (AvgIpc) is 3.67. The number of carbonyl (C=O) groups is 2. The maximum Gasteiger partial charge on any atom is 0.276 e. The van der Waals surface area contributed by atoms with Gasteiger partial charge >= 0.3 is 0 Å². The number of aliphatic hydroxyl groups excluding tert-OH is 1. The number of amides is 2. The van der Waals surface area contributed by atoms with E-state index in [1.807, 2.05) is 48.5 Å². The van der Waals surface area contributed by atoms with Gasteiger partial charge in [0.25, 0.3) is 5.91 Å². The topological polar surface area (TPSA) is 128 Å². The number of nitrogens with zero attached hydrogens (tertiary/aromatic N) is 6. The molecule has 12 nitrogen and oxygen atoms in total. The van der Waals surface area contributed by atoms with Gasteiger partial charge in [-0.15, -0.1) is 0 Å². The molecule has 54 heavy (non-hydrogen) atoms. The highest BCUT2D eigenvalue weighted by Crippen LogP contribution is 2.40. The van der Waals surface area contributed by atoms with E-state index in [4.69, 9.17) is 9.72 Å². The lowest BCUT2D eigenvalue weighted by Gasteiger charge is -2.45. The molecule has 1 aromatic carbocycles. The van der Waals surface area contributed by atoms with Crippen molar-refractivity contribution >= 4 is 40.5 Å². The van der Waals surface area contributed by atoms with Crippen LogP contribution in [-0.2, 0) is 35.5 Å². The average molecular weight is 731 g/mol. The van der Waals surface area contributed by atoms with E-state index in [1.54, 1.807) is 11.1 Å². The summed E-state index contributed by atoms with van der Waals surface area (Å²) in [5.74, 6) is 0.662. The highest BCUT2D eigenvalue weighted by molar-refractivity contribution is 6.06. The molecule has 8 rings (SSSR count). The lowest BCUT2D eigenvalue weighted by Crippen LogP contribution is -2.56. The molecule has 1 atom stereocenters. The molecule has 12 heteroatoms. The first-order valence-electron chi connectivity index (χ1n) is 19.1. The summed E-state index contributed by atoms with van der Waals surface area (Å²) in [4.78, 5) is 42.7. The highest BCUT2D eigenvalue weighted by atomic mass is 16.5. The molecule has 3 aromatic heterocycles. The minimum absolute atomic E-state index is 0.102. The third-order valence-corrected chi connectivity index (χ3v) is 11.5. The molecule has 2 fully saturated rings. The predicted octanol–water partition coefficient (Wildman–Crippen LogP) is 5.78. The van der Waals surface area contributed by atoms with Crippen LogP contribution in [0.2, 0.25) is 0 Å². The molecule has 282 valence electrons. The van der Waals surface area contributed by atoms with Crippen LogP contribution in [-0.4, -0.2) is 87.8 Å². The largest absolute Gasteiger partial charge is 0.392 e. The van der Waals surface area contributed by atoms with Crippen LogP contribution in [0.4, 0.5) is 28.7 Å². The zero-order valence-electron chi connectivity index (χ0n) is 31.5. The Morgan fingerprint density at radius 1 is 1.07 bits per heavy atom. The quantitative estimate of drug-likeness (QED) is 0.184. The van der Waals surface area contributed by atoms with Crippen molar-refractivity contribution < 1.29 is 19.4 Å². The minimum atomic E-state index is -0.303. The number of benzene rings is 1. The maximum atomic E-state index is 13.9. The van der Waals surface area contributed by atoms with Crippen molar-refractivity contribution in [3.05, 3.63) is 89.9 Å². The maximum absolute atomic E-state index is 13.9. The summed E-state index contributed by atoms with van der Waals surface area (Å²) in [5, 5.41) is 17.2. The lowest BCUT2D eigenvalue weighted by atomic mass is 9.90. The van der Waals surface area contributed by atoms with Crippen molar-refractivity contribution in [3.63, 3.8) is 0 Å². The molecule has 2 amide bonds. The highest BCUT2D eigenvalue weighted by Gasteiger charge is 2.38.